The van der Waals surface area contributed by atoms with Crippen LogP contribution in [0.4, 0.5) is 0 Å². The van der Waals surface area contributed by atoms with Crippen LogP contribution in [0.25, 0.3) is 0 Å². The lowest BCUT2D eigenvalue weighted by Crippen LogP contribution is -2.45. The average Bonchev–Trinajstić information content (AvgIpc) is 2.38. The van der Waals surface area contributed by atoms with Gasteiger partial charge in [-0.1, -0.05) is 6.07 Å². The Bertz CT molecular complexity index is 360. The minimum Gasteiger partial charge on any atom is -0.314 e. The summed E-state index contributed by atoms with van der Waals surface area (Å²) in [6, 6.07) is 6.45. The Labute approximate surface area is 120 Å². The van der Waals surface area contributed by atoms with E-state index < -0.39 is 0 Å². The van der Waals surface area contributed by atoms with Crippen molar-refractivity contribution in [3.05, 3.63) is 30.1 Å². The van der Waals surface area contributed by atoms with Gasteiger partial charge < -0.3 is 5.32 Å². The Morgan fingerprint density at radius 1 is 1.39 bits per heavy atom. The molecule has 0 bridgehead atoms. The van der Waals surface area contributed by atoms with Gasteiger partial charge in [-0.25, -0.2) is 0 Å². The highest BCUT2D eigenvalue weighted by Gasteiger charge is 2.21. The zero-order valence-electron chi connectivity index (χ0n) is 10.1. The van der Waals surface area contributed by atoms with Crippen molar-refractivity contribution in [3.63, 3.8) is 0 Å². The Kier molecular flexibility index (Phi) is 8.69. The molecule has 0 unspecified atom stereocenters. The summed E-state index contributed by atoms with van der Waals surface area (Å²) in [5.74, 6) is 0. The van der Waals surface area contributed by atoms with E-state index in [0.717, 1.165) is 31.7 Å². The van der Waals surface area contributed by atoms with Gasteiger partial charge in [0.1, 0.15) is 0 Å². The van der Waals surface area contributed by atoms with Crippen molar-refractivity contribution in [2.45, 2.75) is 12.5 Å². The van der Waals surface area contributed by atoms with E-state index in [1.165, 1.54) is 0 Å². The Hall–Kier alpha value is -0.860. The molecule has 0 radical (unpaired) electrons. The highest BCUT2D eigenvalue weighted by molar-refractivity contribution is 5.85. The fourth-order valence-electron chi connectivity index (χ4n) is 2.11. The molecule has 4 nitrogen and oxygen atoms in total. The lowest BCUT2D eigenvalue weighted by atomic mass is 10.0. The van der Waals surface area contributed by atoms with Crippen molar-refractivity contribution in [1.29, 1.82) is 5.26 Å². The molecular weight excluding hydrogens is 271 g/mol. The minimum atomic E-state index is 0. The Balaban J connectivity index is 0.00000144. The van der Waals surface area contributed by atoms with Crippen LogP contribution in [0, 0.1) is 11.3 Å². The summed E-state index contributed by atoms with van der Waals surface area (Å²) in [6.07, 6.45) is 4.17. The standard InChI is InChI=1S/C12H16N4.2ClH/c13-4-3-12(11-2-1-5-15-10-11)16-8-6-14-7-9-16;;/h1-2,5,10,12,14H,3,6-9H2;2*1H/t12-;;/m1../s1. The van der Waals surface area contributed by atoms with Gasteiger partial charge in [-0.05, 0) is 11.6 Å². The molecule has 1 aromatic rings. The molecular formula is C12H18Cl2N4. The molecule has 2 rings (SSSR count). The molecule has 1 fully saturated rings. The number of hydrogen-bond acceptors (Lipinski definition) is 4. The summed E-state index contributed by atoms with van der Waals surface area (Å²) in [5, 5.41) is 12.2. The van der Waals surface area contributed by atoms with Gasteiger partial charge in [0.25, 0.3) is 0 Å². The molecule has 18 heavy (non-hydrogen) atoms. The molecule has 1 aromatic heterocycles. The summed E-state index contributed by atoms with van der Waals surface area (Å²) >= 11 is 0. The number of hydrogen-bond donors (Lipinski definition) is 1. The molecule has 0 aliphatic carbocycles. The SMILES string of the molecule is Cl.Cl.N#CC[C@H](c1cccnc1)N1CCNCC1. The number of aromatic nitrogens is 1. The predicted octanol–water partition coefficient (Wildman–Crippen LogP) is 1.79. The number of nitriles is 1. The maximum atomic E-state index is 8.92. The van der Waals surface area contributed by atoms with Crippen LogP contribution in [0.2, 0.25) is 0 Å². The lowest BCUT2D eigenvalue weighted by Gasteiger charge is -2.33. The van der Waals surface area contributed by atoms with Crippen molar-refractivity contribution in [3.8, 4) is 6.07 Å². The smallest absolute Gasteiger partial charge is 0.0641 e. The van der Waals surface area contributed by atoms with E-state index in [4.69, 9.17) is 5.26 Å². The number of nitrogens with one attached hydrogen (secondary N) is 1. The van der Waals surface area contributed by atoms with Crippen molar-refractivity contribution in [2.24, 2.45) is 0 Å². The molecule has 0 spiro atoms. The fraction of sp³-hybridized carbons (Fsp3) is 0.500. The summed E-state index contributed by atoms with van der Waals surface area (Å²) in [6.45, 7) is 4.01. The second kappa shape index (κ2) is 9.12. The number of pyridine rings is 1. The Morgan fingerprint density at radius 2 is 2.11 bits per heavy atom. The first-order valence-corrected chi connectivity index (χ1v) is 5.63. The number of rotatable bonds is 3. The van der Waals surface area contributed by atoms with Crippen LogP contribution >= 0.6 is 24.8 Å². The van der Waals surface area contributed by atoms with Crippen molar-refractivity contribution < 1.29 is 0 Å². The number of piperazine rings is 1. The van der Waals surface area contributed by atoms with Gasteiger partial charge in [0.15, 0.2) is 0 Å². The van der Waals surface area contributed by atoms with E-state index in [9.17, 15) is 0 Å². The molecule has 1 saturated heterocycles. The molecule has 0 amide bonds. The average molecular weight is 289 g/mol. The minimum absolute atomic E-state index is 0. The van der Waals surface area contributed by atoms with Crippen LogP contribution in [0.3, 0.4) is 0 Å². The zero-order chi connectivity index (χ0) is 11.2. The van der Waals surface area contributed by atoms with Crippen LogP contribution in [-0.2, 0) is 0 Å². The lowest BCUT2D eigenvalue weighted by molar-refractivity contribution is 0.175. The summed E-state index contributed by atoms with van der Waals surface area (Å²) < 4.78 is 0. The predicted molar refractivity (Wildman–Crippen MR) is 76.1 cm³/mol. The van der Waals surface area contributed by atoms with Crippen molar-refractivity contribution in [1.82, 2.24) is 15.2 Å². The molecule has 1 atom stereocenters. The van der Waals surface area contributed by atoms with Crippen LogP contribution in [-0.4, -0.2) is 36.1 Å². The largest absolute Gasteiger partial charge is 0.314 e. The van der Waals surface area contributed by atoms with Gasteiger partial charge in [-0.2, -0.15) is 5.26 Å². The van der Waals surface area contributed by atoms with E-state index >= 15 is 0 Å². The topological polar surface area (TPSA) is 52.0 Å². The first-order chi connectivity index (χ1) is 7.92. The van der Waals surface area contributed by atoms with E-state index in [0.29, 0.717) is 6.42 Å². The van der Waals surface area contributed by atoms with Crippen molar-refractivity contribution in [2.75, 3.05) is 26.2 Å². The van der Waals surface area contributed by atoms with E-state index in [2.05, 4.69) is 27.3 Å². The van der Waals surface area contributed by atoms with Gasteiger partial charge in [-0.15, -0.1) is 24.8 Å². The second-order valence-electron chi connectivity index (χ2n) is 3.95. The zero-order valence-corrected chi connectivity index (χ0v) is 11.7. The summed E-state index contributed by atoms with van der Waals surface area (Å²) in [5.41, 5.74) is 1.14. The van der Waals surface area contributed by atoms with Crippen LogP contribution in [0.1, 0.15) is 18.0 Å². The van der Waals surface area contributed by atoms with Gasteiger partial charge in [0.2, 0.25) is 0 Å². The first-order valence-electron chi connectivity index (χ1n) is 5.63. The normalized spacial score (nSPS) is 16.8. The summed E-state index contributed by atoms with van der Waals surface area (Å²) in [7, 11) is 0. The molecule has 6 heteroatoms. The van der Waals surface area contributed by atoms with E-state index in [1.807, 2.05) is 12.3 Å². The number of halogens is 2. The maximum Gasteiger partial charge on any atom is 0.0641 e. The van der Waals surface area contributed by atoms with E-state index in [1.54, 1.807) is 6.20 Å². The highest BCUT2D eigenvalue weighted by Crippen LogP contribution is 2.23. The molecule has 100 valence electrons. The monoisotopic (exact) mass is 288 g/mol. The maximum absolute atomic E-state index is 8.92. The molecule has 0 saturated carbocycles. The Morgan fingerprint density at radius 3 is 2.67 bits per heavy atom. The van der Waals surface area contributed by atoms with Crippen molar-refractivity contribution >= 4 is 24.8 Å². The van der Waals surface area contributed by atoms with E-state index in [-0.39, 0.29) is 30.9 Å². The van der Waals surface area contributed by atoms with Gasteiger partial charge in [0.05, 0.1) is 12.5 Å². The third-order valence-corrected chi connectivity index (χ3v) is 2.95. The van der Waals surface area contributed by atoms with Gasteiger partial charge in [0, 0.05) is 44.6 Å². The molecule has 0 aromatic carbocycles. The first kappa shape index (κ1) is 17.1. The third kappa shape index (κ3) is 4.43. The van der Waals surface area contributed by atoms with Crippen LogP contribution in [0.5, 0.6) is 0 Å². The van der Waals surface area contributed by atoms with Crippen LogP contribution in [0.15, 0.2) is 24.5 Å². The molecule has 1 aliphatic rings. The highest BCUT2D eigenvalue weighted by atomic mass is 35.5. The number of nitrogens with zero attached hydrogens (tertiary/aromatic N) is 3. The summed E-state index contributed by atoms with van der Waals surface area (Å²) in [4.78, 5) is 6.49. The quantitative estimate of drug-likeness (QED) is 0.921. The molecule has 1 aliphatic heterocycles. The molecule has 1 N–H and O–H groups in total. The fourth-order valence-corrected chi connectivity index (χ4v) is 2.11. The van der Waals surface area contributed by atoms with Gasteiger partial charge >= 0.3 is 0 Å². The van der Waals surface area contributed by atoms with Gasteiger partial charge in [-0.3, -0.25) is 9.88 Å². The molecule has 2 heterocycles. The van der Waals surface area contributed by atoms with Crippen LogP contribution < -0.4 is 5.32 Å². The second-order valence-corrected chi connectivity index (χ2v) is 3.95. The third-order valence-electron chi connectivity index (χ3n) is 2.95.